The molecular weight excluding hydrogens is 266 g/mol. The van der Waals surface area contributed by atoms with Crippen LogP contribution in [0.2, 0.25) is 4.47 Å². The van der Waals surface area contributed by atoms with Crippen LogP contribution in [0, 0.1) is 0 Å². The molecule has 0 aliphatic carbocycles. The lowest BCUT2D eigenvalue weighted by atomic mass is 10.4. The molecule has 0 saturated carbocycles. The van der Waals surface area contributed by atoms with E-state index in [1.165, 1.54) is 4.90 Å². The second-order valence-electron chi connectivity index (χ2n) is 3.14. The van der Waals surface area contributed by atoms with Gasteiger partial charge in [-0.1, -0.05) is 11.3 Å². The number of carbonyl (C=O) groups excluding carboxylic acids is 2. The normalized spacial score (nSPS) is 10.1. The van der Waals surface area contributed by atoms with E-state index in [9.17, 15) is 9.59 Å². The summed E-state index contributed by atoms with van der Waals surface area (Å²) >= 11 is 6.58. The molecule has 0 saturated heterocycles. The molecule has 1 amide bonds. The highest BCUT2D eigenvalue weighted by atomic mass is 35.5. The second-order valence-corrected chi connectivity index (χ2v) is 4.70. The Hall–Kier alpha value is -1.21. The van der Waals surface area contributed by atoms with Gasteiger partial charge in [-0.2, -0.15) is 0 Å². The number of ether oxygens (including phenoxy) is 1. The lowest BCUT2D eigenvalue weighted by molar-refractivity contribution is -0.143. The summed E-state index contributed by atoms with van der Waals surface area (Å²) in [5, 5.41) is 7.38. The number of hydrogen-bond acceptors (Lipinski definition) is 6. The number of esters is 1. The van der Waals surface area contributed by atoms with Gasteiger partial charge in [-0.3, -0.25) is 9.59 Å². The fourth-order valence-corrected chi connectivity index (χ4v) is 1.87. The summed E-state index contributed by atoms with van der Waals surface area (Å²) in [6, 6.07) is 0. The summed E-state index contributed by atoms with van der Waals surface area (Å²) in [5.41, 5.74) is 0. The van der Waals surface area contributed by atoms with Crippen molar-refractivity contribution in [3.8, 4) is 0 Å². The number of hydrogen-bond donors (Lipinski definition) is 0. The predicted octanol–water partition coefficient (Wildman–Crippen LogP) is 1.22. The van der Waals surface area contributed by atoms with Gasteiger partial charge in [0.1, 0.15) is 0 Å². The maximum Gasteiger partial charge on any atom is 0.307 e. The monoisotopic (exact) mass is 277 g/mol. The van der Waals surface area contributed by atoms with E-state index in [1.54, 1.807) is 14.0 Å². The Labute approximate surface area is 108 Å². The Kier molecular flexibility index (Phi) is 5.30. The van der Waals surface area contributed by atoms with E-state index in [-0.39, 0.29) is 34.3 Å². The summed E-state index contributed by atoms with van der Waals surface area (Å²) in [4.78, 5) is 24.2. The van der Waals surface area contributed by atoms with Gasteiger partial charge in [0.15, 0.2) is 0 Å². The first-order valence-electron chi connectivity index (χ1n) is 4.94. The van der Waals surface area contributed by atoms with Gasteiger partial charge < -0.3 is 9.64 Å². The van der Waals surface area contributed by atoms with Crippen LogP contribution in [0.3, 0.4) is 0 Å². The largest absolute Gasteiger partial charge is 0.466 e. The molecule has 0 unspecified atom stereocenters. The van der Waals surface area contributed by atoms with Gasteiger partial charge in [0.05, 0.1) is 13.0 Å². The third-order valence-corrected chi connectivity index (χ3v) is 2.89. The summed E-state index contributed by atoms with van der Waals surface area (Å²) < 4.78 is 4.97. The molecule has 1 rings (SSSR count). The minimum atomic E-state index is -0.331. The lowest BCUT2D eigenvalue weighted by Gasteiger charge is -2.14. The van der Waals surface area contributed by atoms with Crippen molar-refractivity contribution >= 4 is 34.8 Å². The molecule has 6 nitrogen and oxygen atoms in total. The average molecular weight is 278 g/mol. The molecule has 1 heterocycles. The van der Waals surface area contributed by atoms with Gasteiger partial charge in [0, 0.05) is 13.6 Å². The Morgan fingerprint density at radius 3 is 2.71 bits per heavy atom. The summed E-state index contributed by atoms with van der Waals surface area (Å²) in [6.45, 7) is 2.34. The Morgan fingerprint density at radius 2 is 2.18 bits per heavy atom. The molecule has 17 heavy (non-hydrogen) atoms. The van der Waals surface area contributed by atoms with Crippen LogP contribution in [0.1, 0.15) is 23.1 Å². The van der Waals surface area contributed by atoms with Crippen molar-refractivity contribution in [2.24, 2.45) is 0 Å². The molecule has 0 aromatic carbocycles. The van der Waals surface area contributed by atoms with Crippen LogP contribution in [-0.4, -0.2) is 47.2 Å². The number of nitrogens with zero attached hydrogens (tertiary/aromatic N) is 3. The number of amides is 1. The number of rotatable bonds is 5. The van der Waals surface area contributed by atoms with Gasteiger partial charge in [-0.15, -0.1) is 10.2 Å². The van der Waals surface area contributed by atoms with E-state index >= 15 is 0 Å². The maximum absolute atomic E-state index is 11.8. The molecule has 0 aliphatic rings. The molecule has 0 bridgehead atoms. The lowest BCUT2D eigenvalue weighted by Crippen LogP contribution is -2.29. The second kappa shape index (κ2) is 6.51. The van der Waals surface area contributed by atoms with Crippen molar-refractivity contribution in [2.75, 3.05) is 20.2 Å². The van der Waals surface area contributed by atoms with Gasteiger partial charge in [-0.05, 0) is 18.5 Å². The van der Waals surface area contributed by atoms with Crippen LogP contribution in [0.15, 0.2) is 0 Å². The highest BCUT2D eigenvalue weighted by Gasteiger charge is 2.17. The molecule has 0 spiro atoms. The number of halogens is 1. The van der Waals surface area contributed by atoms with E-state index in [0.717, 1.165) is 11.3 Å². The minimum Gasteiger partial charge on any atom is -0.466 e. The van der Waals surface area contributed by atoms with E-state index in [1.807, 2.05) is 0 Å². The van der Waals surface area contributed by atoms with Crippen LogP contribution in [0.5, 0.6) is 0 Å². The van der Waals surface area contributed by atoms with Gasteiger partial charge in [0.25, 0.3) is 5.91 Å². The minimum absolute atomic E-state index is 0.155. The number of aromatic nitrogens is 2. The van der Waals surface area contributed by atoms with Crippen LogP contribution in [-0.2, 0) is 9.53 Å². The fourth-order valence-electron chi connectivity index (χ4n) is 1.05. The van der Waals surface area contributed by atoms with E-state index in [0.29, 0.717) is 6.61 Å². The van der Waals surface area contributed by atoms with Gasteiger partial charge >= 0.3 is 5.97 Å². The molecule has 0 atom stereocenters. The first kappa shape index (κ1) is 13.9. The van der Waals surface area contributed by atoms with Crippen molar-refractivity contribution in [2.45, 2.75) is 13.3 Å². The molecule has 94 valence electrons. The Bertz CT molecular complexity index is 410. The molecule has 1 aromatic heterocycles. The fraction of sp³-hybridized carbons (Fsp3) is 0.556. The average Bonchev–Trinajstić information content (AvgIpc) is 2.72. The molecule has 8 heteroatoms. The first-order valence-corrected chi connectivity index (χ1v) is 6.14. The zero-order chi connectivity index (χ0) is 12.8. The summed E-state index contributed by atoms with van der Waals surface area (Å²) in [7, 11) is 1.58. The highest BCUT2D eigenvalue weighted by Crippen LogP contribution is 2.16. The zero-order valence-electron chi connectivity index (χ0n) is 9.47. The third kappa shape index (κ3) is 4.27. The van der Waals surface area contributed by atoms with Crippen LogP contribution in [0.25, 0.3) is 0 Å². The molecule has 0 radical (unpaired) electrons. The van der Waals surface area contributed by atoms with Crippen molar-refractivity contribution in [3.05, 3.63) is 9.47 Å². The number of carbonyl (C=O) groups is 2. The third-order valence-electron chi connectivity index (χ3n) is 1.89. The van der Waals surface area contributed by atoms with Crippen LogP contribution in [0.4, 0.5) is 0 Å². The SMILES string of the molecule is CCOC(=O)CCN(C)C(=O)c1nnc(Cl)s1. The van der Waals surface area contributed by atoms with E-state index < -0.39 is 0 Å². The van der Waals surface area contributed by atoms with Crippen molar-refractivity contribution in [3.63, 3.8) is 0 Å². The first-order chi connectivity index (χ1) is 8.04. The Morgan fingerprint density at radius 1 is 1.47 bits per heavy atom. The summed E-state index contributed by atoms with van der Waals surface area (Å²) in [6.07, 6.45) is 0.155. The molecule has 0 N–H and O–H groups in total. The zero-order valence-corrected chi connectivity index (χ0v) is 11.0. The van der Waals surface area contributed by atoms with Gasteiger partial charge in [-0.25, -0.2) is 0 Å². The quantitative estimate of drug-likeness (QED) is 0.757. The van der Waals surface area contributed by atoms with Crippen molar-refractivity contribution in [1.29, 1.82) is 0 Å². The van der Waals surface area contributed by atoms with Crippen molar-refractivity contribution < 1.29 is 14.3 Å². The highest BCUT2D eigenvalue weighted by molar-refractivity contribution is 7.17. The maximum atomic E-state index is 11.8. The van der Waals surface area contributed by atoms with Crippen molar-refractivity contribution in [1.82, 2.24) is 15.1 Å². The van der Waals surface area contributed by atoms with Crippen LogP contribution >= 0.6 is 22.9 Å². The smallest absolute Gasteiger partial charge is 0.307 e. The molecule has 0 fully saturated rings. The Balaban J connectivity index is 2.45. The van der Waals surface area contributed by atoms with E-state index in [2.05, 4.69) is 10.2 Å². The topological polar surface area (TPSA) is 72.4 Å². The van der Waals surface area contributed by atoms with Crippen LogP contribution < -0.4 is 0 Å². The van der Waals surface area contributed by atoms with E-state index in [4.69, 9.17) is 16.3 Å². The standard InChI is InChI=1S/C9H12ClN3O3S/c1-3-16-6(14)4-5-13(2)8(15)7-11-12-9(10)17-7/h3-5H2,1-2H3. The molecule has 1 aromatic rings. The molecular formula is C9H12ClN3O3S. The molecule has 0 aliphatic heterocycles. The summed E-state index contributed by atoms with van der Waals surface area (Å²) in [5.74, 6) is -0.638. The predicted molar refractivity (Wildman–Crippen MR) is 63.1 cm³/mol. The van der Waals surface area contributed by atoms with Gasteiger partial charge in [0.2, 0.25) is 9.47 Å².